The molecule has 4 aliphatic heterocycles. The Kier molecular flexibility index (Phi) is 5.59. The van der Waals surface area contributed by atoms with Gasteiger partial charge in [-0.3, -0.25) is 29.4 Å². The predicted molar refractivity (Wildman–Crippen MR) is 127 cm³/mol. The van der Waals surface area contributed by atoms with Gasteiger partial charge in [0.2, 0.25) is 11.8 Å². The molecule has 1 aromatic carbocycles. The van der Waals surface area contributed by atoms with E-state index >= 15 is 0 Å². The van der Waals surface area contributed by atoms with E-state index < -0.39 is 11.9 Å². The number of nitrogens with one attached hydrogen (secondary N) is 1. The standard InChI is InChI=1S/C25H29N7O4/c1-15-11-29-9-3-2-4-18(29)13-30(15)25(36)20-14-32(28-27-20)17-5-6-19-16(10-17)12-31(24(19)35)21-7-8-22(33)26-23(21)34/h5-6,10,14-15,18,21H,2-4,7-9,11-13H2,1H3,(H,26,33,34). The molecule has 0 saturated carbocycles. The average molecular weight is 492 g/mol. The average Bonchev–Trinajstić information content (AvgIpc) is 3.48. The summed E-state index contributed by atoms with van der Waals surface area (Å²) in [4.78, 5) is 56.0. The van der Waals surface area contributed by atoms with Crippen LogP contribution in [0.25, 0.3) is 5.69 Å². The zero-order valence-electron chi connectivity index (χ0n) is 20.2. The van der Waals surface area contributed by atoms with Crippen LogP contribution in [0.4, 0.5) is 0 Å². The van der Waals surface area contributed by atoms with Gasteiger partial charge in [0, 0.05) is 43.7 Å². The number of amides is 4. The first-order chi connectivity index (χ1) is 17.4. The molecule has 188 valence electrons. The molecule has 3 fully saturated rings. The minimum Gasteiger partial charge on any atom is -0.332 e. The van der Waals surface area contributed by atoms with Crippen molar-refractivity contribution in [2.75, 3.05) is 19.6 Å². The topological polar surface area (TPSA) is 121 Å². The number of piperazine rings is 1. The summed E-state index contributed by atoms with van der Waals surface area (Å²) in [5, 5.41) is 10.7. The quantitative estimate of drug-likeness (QED) is 0.629. The molecule has 11 nitrogen and oxygen atoms in total. The van der Waals surface area contributed by atoms with Gasteiger partial charge >= 0.3 is 0 Å². The van der Waals surface area contributed by atoms with Crippen LogP contribution in [-0.4, -0.2) is 91.1 Å². The minimum absolute atomic E-state index is 0.112. The largest absolute Gasteiger partial charge is 0.332 e. The van der Waals surface area contributed by atoms with E-state index in [1.807, 2.05) is 11.0 Å². The van der Waals surface area contributed by atoms with Crippen LogP contribution in [0.1, 0.15) is 65.4 Å². The van der Waals surface area contributed by atoms with Gasteiger partial charge in [0.15, 0.2) is 5.69 Å². The summed E-state index contributed by atoms with van der Waals surface area (Å²) in [6, 6.07) is 5.18. The zero-order chi connectivity index (χ0) is 25.0. The highest BCUT2D eigenvalue weighted by Gasteiger charge is 2.39. The molecular formula is C25H29N7O4. The zero-order valence-corrected chi connectivity index (χ0v) is 20.2. The number of hydrogen-bond donors (Lipinski definition) is 1. The summed E-state index contributed by atoms with van der Waals surface area (Å²) in [6.45, 7) is 5.06. The molecule has 1 aromatic heterocycles. The maximum Gasteiger partial charge on any atom is 0.276 e. The summed E-state index contributed by atoms with van der Waals surface area (Å²) in [6.07, 6.45) is 5.72. The summed E-state index contributed by atoms with van der Waals surface area (Å²) < 4.78 is 1.55. The van der Waals surface area contributed by atoms with Crippen molar-refractivity contribution in [3.63, 3.8) is 0 Å². The maximum atomic E-state index is 13.3. The number of carbonyl (C=O) groups is 4. The number of imide groups is 1. The third kappa shape index (κ3) is 3.87. The fraction of sp³-hybridized carbons (Fsp3) is 0.520. The molecule has 5 heterocycles. The van der Waals surface area contributed by atoms with Crippen LogP contribution in [-0.2, 0) is 16.1 Å². The van der Waals surface area contributed by atoms with Crippen LogP contribution in [0.5, 0.6) is 0 Å². The molecule has 4 amide bonds. The highest BCUT2D eigenvalue weighted by Crippen LogP contribution is 2.29. The Morgan fingerprint density at radius 2 is 1.97 bits per heavy atom. The van der Waals surface area contributed by atoms with E-state index in [9.17, 15) is 19.2 Å². The van der Waals surface area contributed by atoms with Crippen molar-refractivity contribution in [3.05, 3.63) is 41.2 Å². The van der Waals surface area contributed by atoms with Gasteiger partial charge in [0.25, 0.3) is 11.8 Å². The Morgan fingerprint density at radius 3 is 2.81 bits per heavy atom. The summed E-state index contributed by atoms with van der Waals surface area (Å²) in [7, 11) is 0. The van der Waals surface area contributed by atoms with Crippen LogP contribution < -0.4 is 5.32 Å². The number of carbonyl (C=O) groups excluding carboxylic acids is 4. The molecule has 0 aliphatic carbocycles. The molecule has 4 aliphatic rings. The van der Waals surface area contributed by atoms with Gasteiger partial charge in [0.05, 0.1) is 11.9 Å². The van der Waals surface area contributed by atoms with Gasteiger partial charge in [-0.25, -0.2) is 4.68 Å². The van der Waals surface area contributed by atoms with Crippen molar-refractivity contribution in [2.45, 2.75) is 63.7 Å². The highest BCUT2D eigenvalue weighted by atomic mass is 16.2. The van der Waals surface area contributed by atoms with E-state index in [4.69, 9.17) is 0 Å². The van der Waals surface area contributed by atoms with Crippen molar-refractivity contribution in [3.8, 4) is 5.69 Å². The third-order valence-electron chi connectivity index (χ3n) is 7.93. The number of benzene rings is 1. The van der Waals surface area contributed by atoms with Gasteiger partial charge in [-0.05, 0) is 56.5 Å². The molecule has 0 bridgehead atoms. The van der Waals surface area contributed by atoms with Gasteiger partial charge in [-0.1, -0.05) is 11.6 Å². The summed E-state index contributed by atoms with van der Waals surface area (Å²) >= 11 is 0. The van der Waals surface area contributed by atoms with Crippen LogP contribution in [0, 0.1) is 0 Å². The molecule has 3 atom stereocenters. The van der Waals surface area contributed by atoms with E-state index in [-0.39, 0.29) is 36.7 Å². The van der Waals surface area contributed by atoms with E-state index in [0.717, 1.165) is 25.1 Å². The number of aromatic nitrogens is 3. The molecule has 6 rings (SSSR count). The van der Waals surface area contributed by atoms with Gasteiger partial charge in [-0.2, -0.15) is 0 Å². The second kappa shape index (κ2) is 8.81. The molecule has 3 unspecified atom stereocenters. The maximum absolute atomic E-state index is 13.3. The van der Waals surface area contributed by atoms with Gasteiger partial charge in [-0.15, -0.1) is 5.10 Å². The van der Waals surface area contributed by atoms with Gasteiger partial charge in [0.1, 0.15) is 6.04 Å². The number of rotatable bonds is 3. The van der Waals surface area contributed by atoms with E-state index in [1.165, 1.54) is 17.7 Å². The molecular weight excluding hydrogens is 462 g/mol. The Bertz CT molecular complexity index is 1260. The first-order valence-corrected chi connectivity index (χ1v) is 12.6. The van der Waals surface area contributed by atoms with Crippen molar-refractivity contribution in [2.24, 2.45) is 0 Å². The minimum atomic E-state index is -0.659. The number of piperidine rings is 2. The van der Waals surface area contributed by atoms with Crippen molar-refractivity contribution in [1.29, 1.82) is 0 Å². The third-order valence-corrected chi connectivity index (χ3v) is 7.93. The van der Waals surface area contributed by atoms with Crippen LogP contribution in [0.2, 0.25) is 0 Å². The van der Waals surface area contributed by atoms with E-state index in [2.05, 4.69) is 27.5 Å². The van der Waals surface area contributed by atoms with Crippen molar-refractivity contribution >= 4 is 23.6 Å². The molecule has 2 aromatic rings. The fourth-order valence-corrected chi connectivity index (χ4v) is 5.97. The van der Waals surface area contributed by atoms with E-state index in [0.29, 0.717) is 36.0 Å². The highest BCUT2D eigenvalue weighted by molar-refractivity contribution is 6.05. The van der Waals surface area contributed by atoms with Crippen LogP contribution in [0.3, 0.4) is 0 Å². The lowest BCUT2D eigenvalue weighted by molar-refractivity contribution is -0.136. The smallest absolute Gasteiger partial charge is 0.276 e. The monoisotopic (exact) mass is 491 g/mol. The lowest BCUT2D eigenvalue weighted by Gasteiger charge is -2.47. The van der Waals surface area contributed by atoms with Gasteiger partial charge < -0.3 is 9.80 Å². The first kappa shape index (κ1) is 22.8. The number of fused-ring (bicyclic) bond motifs is 2. The predicted octanol–water partition coefficient (Wildman–Crippen LogP) is 0.727. The Morgan fingerprint density at radius 1 is 1.11 bits per heavy atom. The van der Waals surface area contributed by atoms with E-state index in [1.54, 1.807) is 23.0 Å². The fourth-order valence-electron chi connectivity index (χ4n) is 5.97. The normalized spacial score (nSPS) is 26.6. The van der Waals surface area contributed by atoms with Crippen LogP contribution >= 0.6 is 0 Å². The Balaban J connectivity index is 1.18. The van der Waals surface area contributed by atoms with Crippen molar-refractivity contribution in [1.82, 2.24) is 35.0 Å². The number of nitrogens with zero attached hydrogens (tertiary/aromatic N) is 6. The lowest BCUT2D eigenvalue weighted by atomic mass is 9.97. The Labute approximate surface area is 208 Å². The van der Waals surface area contributed by atoms with Crippen molar-refractivity contribution < 1.29 is 19.2 Å². The Hall–Kier alpha value is -3.60. The second-order valence-electron chi connectivity index (χ2n) is 10.2. The molecule has 1 N–H and O–H groups in total. The lowest BCUT2D eigenvalue weighted by Crippen LogP contribution is -2.60. The number of hydrogen-bond acceptors (Lipinski definition) is 7. The molecule has 3 saturated heterocycles. The second-order valence-corrected chi connectivity index (χ2v) is 10.2. The molecule has 11 heteroatoms. The SMILES string of the molecule is CC1CN2CCCCC2CN1C(=O)c1cn(-c2ccc3c(c2)CN(C2CCC(=O)NC2=O)C3=O)nn1. The summed E-state index contributed by atoms with van der Waals surface area (Å²) in [5.74, 6) is -1.08. The van der Waals surface area contributed by atoms with Crippen LogP contribution in [0.15, 0.2) is 24.4 Å². The molecule has 0 spiro atoms. The first-order valence-electron chi connectivity index (χ1n) is 12.6. The molecule has 36 heavy (non-hydrogen) atoms. The molecule has 0 radical (unpaired) electrons. The summed E-state index contributed by atoms with van der Waals surface area (Å²) in [5.41, 5.74) is 2.28.